The highest BCUT2D eigenvalue weighted by molar-refractivity contribution is 5.51. The van der Waals surface area contributed by atoms with Gasteiger partial charge in [0.1, 0.15) is 5.69 Å². The van der Waals surface area contributed by atoms with E-state index in [9.17, 15) is 0 Å². The van der Waals surface area contributed by atoms with Crippen LogP contribution in [0.4, 0.5) is 0 Å². The van der Waals surface area contributed by atoms with Crippen LogP contribution in [0.25, 0.3) is 11.5 Å². The number of hydrogen-bond acceptors (Lipinski definition) is 4. The van der Waals surface area contributed by atoms with Crippen molar-refractivity contribution in [1.82, 2.24) is 24.6 Å². The SMILES string of the molecule is c1ccc(COC2CCCC2n2ccnc2-c2cc3n(n2)CCNC3)cc1. The Hall–Kier alpha value is -2.44. The van der Waals surface area contributed by atoms with Crippen LogP contribution in [0.15, 0.2) is 48.8 Å². The number of ether oxygens (including phenoxy) is 1. The van der Waals surface area contributed by atoms with Gasteiger partial charge in [0, 0.05) is 25.5 Å². The standard InChI is InChI=1S/C21H25N5O/c1-2-5-16(6-3-1)15-27-20-8-4-7-19(20)25-11-10-23-21(25)18-13-17-14-22-9-12-26(17)24-18/h1-3,5-6,10-11,13,19-20,22H,4,7-9,12,14-15H2. The predicted octanol–water partition coefficient (Wildman–Crippen LogP) is 3.16. The quantitative estimate of drug-likeness (QED) is 0.757. The summed E-state index contributed by atoms with van der Waals surface area (Å²) in [6.07, 6.45) is 7.60. The third-order valence-electron chi connectivity index (χ3n) is 5.65. The van der Waals surface area contributed by atoms with Crippen LogP contribution in [0, 0.1) is 0 Å². The summed E-state index contributed by atoms with van der Waals surface area (Å²) < 4.78 is 10.7. The second-order valence-electron chi connectivity index (χ2n) is 7.41. The first-order valence-electron chi connectivity index (χ1n) is 9.85. The normalized spacial score (nSPS) is 22.1. The lowest BCUT2D eigenvalue weighted by Crippen LogP contribution is -2.28. The van der Waals surface area contributed by atoms with Gasteiger partial charge in [0.25, 0.3) is 0 Å². The number of nitrogens with zero attached hydrogens (tertiary/aromatic N) is 4. The molecule has 0 spiro atoms. The van der Waals surface area contributed by atoms with Crippen LogP contribution in [-0.4, -0.2) is 32.0 Å². The Balaban J connectivity index is 1.36. The molecule has 6 heteroatoms. The van der Waals surface area contributed by atoms with Gasteiger partial charge in [-0.2, -0.15) is 5.10 Å². The molecule has 1 saturated carbocycles. The average Bonchev–Trinajstić information content (AvgIpc) is 3.44. The second kappa shape index (κ2) is 7.29. The van der Waals surface area contributed by atoms with Gasteiger partial charge >= 0.3 is 0 Å². The van der Waals surface area contributed by atoms with E-state index in [0.717, 1.165) is 44.0 Å². The monoisotopic (exact) mass is 363 g/mol. The van der Waals surface area contributed by atoms with E-state index < -0.39 is 0 Å². The number of hydrogen-bond donors (Lipinski definition) is 1. The van der Waals surface area contributed by atoms with Gasteiger partial charge in [-0.25, -0.2) is 4.98 Å². The molecule has 0 bridgehead atoms. The van der Waals surface area contributed by atoms with E-state index in [-0.39, 0.29) is 6.10 Å². The van der Waals surface area contributed by atoms with Gasteiger partial charge in [0.2, 0.25) is 0 Å². The molecule has 3 aromatic rings. The zero-order chi connectivity index (χ0) is 18.1. The van der Waals surface area contributed by atoms with E-state index in [1.54, 1.807) is 0 Å². The van der Waals surface area contributed by atoms with Crippen molar-refractivity contribution in [2.45, 2.75) is 51.1 Å². The molecular weight excluding hydrogens is 338 g/mol. The summed E-state index contributed by atoms with van der Waals surface area (Å²) in [4.78, 5) is 4.64. The number of fused-ring (bicyclic) bond motifs is 1. The Kier molecular flexibility index (Phi) is 4.51. The summed E-state index contributed by atoms with van der Waals surface area (Å²) in [5, 5.41) is 8.20. The molecule has 0 amide bonds. The topological polar surface area (TPSA) is 56.9 Å². The summed E-state index contributed by atoms with van der Waals surface area (Å²) in [6, 6.07) is 12.9. The van der Waals surface area contributed by atoms with Crippen LogP contribution >= 0.6 is 0 Å². The van der Waals surface area contributed by atoms with Crippen molar-refractivity contribution in [2.24, 2.45) is 0 Å². The number of imidazole rings is 1. The first-order chi connectivity index (χ1) is 13.4. The fourth-order valence-electron chi connectivity index (χ4n) is 4.28. The fraction of sp³-hybridized carbons (Fsp3) is 0.429. The lowest BCUT2D eigenvalue weighted by Gasteiger charge is -2.23. The van der Waals surface area contributed by atoms with Crippen molar-refractivity contribution in [3.63, 3.8) is 0 Å². The molecule has 1 aliphatic carbocycles. The highest BCUT2D eigenvalue weighted by Crippen LogP contribution is 2.35. The van der Waals surface area contributed by atoms with Crippen molar-refractivity contribution in [2.75, 3.05) is 6.54 Å². The molecule has 1 aromatic carbocycles. The Morgan fingerprint density at radius 3 is 3.00 bits per heavy atom. The Bertz CT molecular complexity index is 877. The van der Waals surface area contributed by atoms with Gasteiger partial charge in [-0.1, -0.05) is 30.3 Å². The lowest BCUT2D eigenvalue weighted by molar-refractivity contribution is 0.0198. The van der Waals surface area contributed by atoms with Gasteiger partial charge in [0.05, 0.1) is 31.0 Å². The van der Waals surface area contributed by atoms with Crippen LogP contribution in [0.1, 0.15) is 36.6 Å². The van der Waals surface area contributed by atoms with Crippen molar-refractivity contribution >= 4 is 0 Å². The molecule has 0 saturated heterocycles. The van der Waals surface area contributed by atoms with Gasteiger partial charge in [-0.3, -0.25) is 4.68 Å². The molecule has 5 rings (SSSR count). The molecule has 0 radical (unpaired) electrons. The van der Waals surface area contributed by atoms with Gasteiger partial charge in [-0.05, 0) is 30.9 Å². The van der Waals surface area contributed by atoms with E-state index in [1.165, 1.54) is 17.7 Å². The van der Waals surface area contributed by atoms with E-state index >= 15 is 0 Å². The molecule has 6 nitrogen and oxygen atoms in total. The summed E-state index contributed by atoms with van der Waals surface area (Å²) in [5.74, 6) is 0.956. The molecule has 2 atom stereocenters. The van der Waals surface area contributed by atoms with E-state index in [2.05, 4.69) is 56.1 Å². The smallest absolute Gasteiger partial charge is 0.160 e. The molecular formula is C21H25N5O. The number of rotatable bonds is 5. The highest BCUT2D eigenvalue weighted by Gasteiger charge is 2.31. The van der Waals surface area contributed by atoms with Gasteiger partial charge < -0.3 is 14.6 Å². The third kappa shape index (κ3) is 3.31. The molecule has 1 fully saturated rings. The summed E-state index contributed by atoms with van der Waals surface area (Å²) in [6.45, 7) is 3.43. The van der Waals surface area contributed by atoms with Crippen molar-refractivity contribution in [3.8, 4) is 11.5 Å². The van der Waals surface area contributed by atoms with Crippen LogP contribution < -0.4 is 5.32 Å². The molecule has 2 aromatic heterocycles. The molecule has 27 heavy (non-hydrogen) atoms. The minimum absolute atomic E-state index is 0.220. The van der Waals surface area contributed by atoms with Crippen LogP contribution in [0.2, 0.25) is 0 Å². The Morgan fingerprint density at radius 1 is 1.19 bits per heavy atom. The number of benzene rings is 1. The summed E-state index contributed by atoms with van der Waals surface area (Å²) >= 11 is 0. The Labute approximate surface area is 159 Å². The first kappa shape index (κ1) is 16.7. The molecule has 1 N–H and O–H groups in total. The maximum absolute atomic E-state index is 6.31. The van der Waals surface area contributed by atoms with E-state index in [4.69, 9.17) is 9.84 Å². The lowest BCUT2D eigenvalue weighted by atomic mass is 10.2. The second-order valence-corrected chi connectivity index (χ2v) is 7.41. The zero-order valence-electron chi connectivity index (χ0n) is 15.4. The van der Waals surface area contributed by atoms with Crippen LogP contribution in [0.3, 0.4) is 0 Å². The number of nitrogens with one attached hydrogen (secondary N) is 1. The molecule has 3 heterocycles. The maximum Gasteiger partial charge on any atom is 0.160 e. The molecule has 140 valence electrons. The van der Waals surface area contributed by atoms with E-state index in [1.807, 2.05) is 12.3 Å². The van der Waals surface area contributed by atoms with Gasteiger partial charge in [0.15, 0.2) is 5.82 Å². The van der Waals surface area contributed by atoms with Crippen molar-refractivity contribution in [3.05, 3.63) is 60.0 Å². The van der Waals surface area contributed by atoms with Crippen LogP contribution in [-0.2, 0) is 24.4 Å². The van der Waals surface area contributed by atoms with Gasteiger partial charge in [-0.15, -0.1) is 0 Å². The predicted molar refractivity (Wildman–Crippen MR) is 103 cm³/mol. The number of aromatic nitrogens is 4. The molecule has 1 aliphatic heterocycles. The summed E-state index contributed by atoms with van der Waals surface area (Å²) in [7, 11) is 0. The van der Waals surface area contributed by atoms with Crippen LogP contribution in [0.5, 0.6) is 0 Å². The van der Waals surface area contributed by atoms with Crippen molar-refractivity contribution < 1.29 is 4.74 Å². The van der Waals surface area contributed by atoms with E-state index in [0.29, 0.717) is 12.6 Å². The zero-order valence-corrected chi connectivity index (χ0v) is 15.4. The Morgan fingerprint density at radius 2 is 2.11 bits per heavy atom. The minimum atomic E-state index is 0.220. The molecule has 2 unspecified atom stereocenters. The average molecular weight is 363 g/mol. The fourth-order valence-corrected chi connectivity index (χ4v) is 4.28. The summed E-state index contributed by atoms with van der Waals surface area (Å²) in [5.41, 5.74) is 3.42. The molecule has 2 aliphatic rings. The van der Waals surface area contributed by atoms with Crippen molar-refractivity contribution in [1.29, 1.82) is 0 Å². The highest BCUT2D eigenvalue weighted by atomic mass is 16.5. The maximum atomic E-state index is 6.31. The first-order valence-corrected chi connectivity index (χ1v) is 9.85. The minimum Gasteiger partial charge on any atom is -0.371 e. The largest absolute Gasteiger partial charge is 0.371 e. The third-order valence-corrected chi connectivity index (χ3v) is 5.65.